The van der Waals surface area contributed by atoms with Crippen molar-refractivity contribution in [2.75, 3.05) is 12.3 Å². The molecule has 4 rings (SSSR count). The number of fused-ring (bicyclic) bond motifs is 1. The molecule has 6 heteroatoms. The van der Waals surface area contributed by atoms with Gasteiger partial charge in [-0.15, -0.1) is 11.3 Å². The Labute approximate surface area is 145 Å². The molecule has 0 atom stereocenters. The molecule has 3 aromatic rings. The molecule has 5 nitrogen and oxygen atoms in total. The first kappa shape index (κ1) is 15.2. The minimum absolute atomic E-state index is 0.754. The second-order valence-corrected chi connectivity index (χ2v) is 7.17. The Bertz CT molecular complexity index is 856. The monoisotopic (exact) mass is 337 g/mol. The summed E-state index contributed by atoms with van der Waals surface area (Å²) in [6, 6.07) is 7.71. The van der Waals surface area contributed by atoms with Crippen LogP contribution in [0.4, 0.5) is 5.69 Å². The largest absolute Gasteiger partial charge is 0.399 e. The lowest BCUT2D eigenvalue weighted by Gasteiger charge is -2.27. The fraction of sp³-hybridized carbons (Fsp3) is 0.278. The van der Waals surface area contributed by atoms with Gasteiger partial charge in [-0.3, -0.25) is 4.90 Å². The van der Waals surface area contributed by atoms with E-state index in [1.165, 1.54) is 5.56 Å². The van der Waals surface area contributed by atoms with Crippen LogP contribution in [-0.2, 0) is 19.5 Å². The molecule has 2 aromatic heterocycles. The fourth-order valence-electron chi connectivity index (χ4n) is 2.99. The van der Waals surface area contributed by atoms with Crippen LogP contribution in [0.2, 0.25) is 0 Å². The first-order valence-electron chi connectivity index (χ1n) is 8.01. The Morgan fingerprint density at radius 2 is 2.04 bits per heavy atom. The van der Waals surface area contributed by atoms with Crippen LogP contribution < -0.4 is 5.73 Å². The lowest BCUT2D eigenvalue weighted by molar-refractivity contribution is 0.240. The highest BCUT2D eigenvalue weighted by atomic mass is 32.1. The topological polar surface area (TPSA) is 67.9 Å². The second-order valence-electron chi connectivity index (χ2n) is 6.11. The van der Waals surface area contributed by atoms with Gasteiger partial charge in [-0.2, -0.15) is 0 Å². The van der Waals surface area contributed by atoms with E-state index in [4.69, 9.17) is 10.7 Å². The number of aromatic nitrogens is 3. The summed E-state index contributed by atoms with van der Waals surface area (Å²) in [7, 11) is 0. The predicted octanol–water partition coefficient (Wildman–Crippen LogP) is 3.05. The number of thiazole rings is 1. The minimum Gasteiger partial charge on any atom is -0.399 e. The van der Waals surface area contributed by atoms with Crippen LogP contribution in [0.25, 0.3) is 11.4 Å². The number of benzene rings is 1. The Kier molecular flexibility index (Phi) is 4.00. The zero-order valence-electron chi connectivity index (χ0n) is 13.6. The molecule has 0 radical (unpaired) electrons. The van der Waals surface area contributed by atoms with E-state index >= 15 is 0 Å². The van der Waals surface area contributed by atoms with Crippen LogP contribution in [0.15, 0.2) is 35.8 Å². The first-order valence-corrected chi connectivity index (χ1v) is 8.89. The van der Waals surface area contributed by atoms with Gasteiger partial charge in [0, 0.05) is 54.4 Å². The van der Waals surface area contributed by atoms with Crippen molar-refractivity contribution in [1.29, 1.82) is 0 Å². The lowest BCUT2D eigenvalue weighted by Crippen LogP contribution is -2.31. The number of hydrogen-bond acceptors (Lipinski definition) is 6. The molecule has 122 valence electrons. The van der Waals surface area contributed by atoms with Gasteiger partial charge in [-0.25, -0.2) is 15.0 Å². The van der Waals surface area contributed by atoms with Gasteiger partial charge in [-0.1, -0.05) is 0 Å². The lowest BCUT2D eigenvalue weighted by atomic mass is 10.1. The molecular weight excluding hydrogens is 318 g/mol. The average Bonchev–Trinajstić information content (AvgIpc) is 3.00. The third-order valence-corrected chi connectivity index (χ3v) is 5.06. The summed E-state index contributed by atoms with van der Waals surface area (Å²) in [6.07, 6.45) is 2.91. The van der Waals surface area contributed by atoms with E-state index in [-0.39, 0.29) is 0 Å². The van der Waals surface area contributed by atoms with Gasteiger partial charge in [0.05, 0.1) is 16.4 Å². The SMILES string of the molecule is Cc1nc(CN2CCc3nc(-c4ccc(N)cc4)ncc3C2)cs1. The summed E-state index contributed by atoms with van der Waals surface area (Å²) >= 11 is 1.71. The minimum atomic E-state index is 0.754. The van der Waals surface area contributed by atoms with E-state index < -0.39 is 0 Å². The highest BCUT2D eigenvalue weighted by Crippen LogP contribution is 2.23. The molecule has 0 bridgehead atoms. The van der Waals surface area contributed by atoms with Crippen molar-refractivity contribution in [2.24, 2.45) is 0 Å². The van der Waals surface area contributed by atoms with Crippen LogP contribution in [0.3, 0.4) is 0 Å². The predicted molar refractivity (Wildman–Crippen MR) is 96.5 cm³/mol. The van der Waals surface area contributed by atoms with Crippen LogP contribution in [-0.4, -0.2) is 26.4 Å². The molecule has 1 aromatic carbocycles. The number of hydrogen-bond donors (Lipinski definition) is 1. The third kappa shape index (κ3) is 3.16. The maximum absolute atomic E-state index is 5.74. The van der Waals surface area contributed by atoms with Crippen LogP contribution in [0.5, 0.6) is 0 Å². The molecule has 0 amide bonds. The maximum atomic E-state index is 5.74. The normalized spacial score (nSPS) is 14.5. The molecule has 0 saturated heterocycles. The van der Waals surface area contributed by atoms with Crippen molar-refractivity contribution in [3.05, 3.63) is 57.8 Å². The van der Waals surface area contributed by atoms with E-state index in [9.17, 15) is 0 Å². The highest BCUT2D eigenvalue weighted by molar-refractivity contribution is 7.09. The third-order valence-electron chi connectivity index (χ3n) is 4.23. The molecule has 24 heavy (non-hydrogen) atoms. The Balaban J connectivity index is 1.52. The number of nitrogen functional groups attached to an aromatic ring is 1. The molecule has 0 unspecified atom stereocenters. The summed E-state index contributed by atoms with van der Waals surface area (Å²) in [4.78, 5) is 16.3. The van der Waals surface area contributed by atoms with Gasteiger partial charge in [0.1, 0.15) is 0 Å². The van der Waals surface area contributed by atoms with Crippen molar-refractivity contribution in [1.82, 2.24) is 19.9 Å². The molecule has 0 fully saturated rings. The first-order chi connectivity index (χ1) is 11.7. The average molecular weight is 337 g/mol. The summed E-state index contributed by atoms with van der Waals surface area (Å²) in [6.45, 7) is 4.82. The van der Waals surface area contributed by atoms with E-state index in [1.807, 2.05) is 37.4 Å². The van der Waals surface area contributed by atoms with E-state index in [1.54, 1.807) is 11.3 Å². The smallest absolute Gasteiger partial charge is 0.159 e. The number of anilines is 1. The summed E-state index contributed by atoms with van der Waals surface area (Å²) in [5.74, 6) is 0.775. The van der Waals surface area contributed by atoms with Crippen molar-refractivity contribution >= 4 is 17.0 Å². The van der Waals surface area contributed by atoms with Gasteiger partial charge in [-0.05, 0) is 31.2 Å². The standard InChI is InChI=1S/C18H19N5S/c1-12-21-16(11-24-12)10-23-7-6-17-14(9-23)8-20-18(22-17)13-2-4-15(19)5-3-13/h2-5,8,11H,6-7,9-10,19H2,1H3. The zero-order chi connectivity index (χ0) is 16.5. The molecule has 0 spiro atoms. The van der Waals surface area contributed by atoms with E-state index in [2.05, 4.69) is 20.2 Å². The highest BCUT2D eigenvalue weighted by Gasteiger charge is 2.19. The van der Waals surface area contributed by atoms with E-state index in [0.717, 1.165) is 59.5 Å². The van der Waals surface area contributed by atoms with Crippen molar-refractivity contribution in [2.45, 2.75) is 26.4 Å². The Morgan fingerprint density at radius 1 is 1.21 bits per heavy atom. The van der Waals surface area contributed by atoms with Crippen LogP contribution in [0, 0.1) is 6.92 Å². The zero-order valence-corrected chi connectivity index (χ0v) is 14.4. The second kappa shape index (κ2) is 6.30. The van der Waals surface area contributed by atoms with Crippen molar-refractivity contribution < 1.29 is 0 Å². The summed E-state index contributed by atoms with van der Waals surface area (Å²) < 4.78 is 0. The number of nitrogens with zero attached hydrogens (tertiary/aromatic N) is 4. The quantitative estimate of drug-likeness (QED) is 0.744. The van der Waals surface area contributed by atoms with E-state index in [0.29, 0.717) is 0 Å². The number of nitrogens with two attached hydrogens (primary N) is 1. The summed E-state index contributed by atoms with van der Waals surface area (Å²) in [5.41, 5.74) is 11.0. The molecule has 1 aliphatic heterocycles. The van der Waals surface area contributed by atoms with Gasteiger partial charge in [0.2, 0.25) is 0 Å². The maximum Gasteiger partial charge on any atom is 0.159 e. The molecule has 2 N–H and O–H groups in total. The van der Waals surface area contributed by atoms with Crippen LogP contribution >= 0.6 is 11.3 Å². The molecule has 0 aliphatic carbocycles. The Hall–Kier alpha value is -2.31. The van der Waals surface area contributed by atoms with Gasteiger partial charge >= 0.3 is 0 Å². The van der Waals surface area contributed by atoms with Crippen molar-refractivity contribution in [3.63, 3.8) is 0 Å². The Morgan fingerprint density at radius 3 is 2.79 bits per heavy atom. The van der Waals surface area contributed by atoms with Crippen LogP contribution in [0.1, 0.15) is 22.0 Å². The van der Waals surface area contributed by atoms with Crippen molar-refractivity contribution in [3.8, 4) is 11.4 Å². The molecule has 1 aliphatic rings. The molecule has 3 heterocycles. The summed E-state index contributed by atoms with van der Waals surface area (Å²) in [5, 5.41) is 3.27. The number of aryl methyl sites for hydroxylation is 1. The molecular formula is C18H19N5S. The van der Waals surface area contributed by atoms with Gasteiger partial charge < -0.3 is 5.73 Å². The van der Waals surface area contributed by atoms with Gasteiger partial charge in [0.15, 0.2) is 5.82 Å². The fourth-order valence-corrected chi connectivity index (χ4v) is 3.59. The number of rotatable bonds is 3. The molecule has 0 saturated carbocycles. The van der Waals surface area contributed by atoms with Gasteiger partial charge in [0.25, 0.3) is 0 Å².